The van der Waals surface area contributed by atoms with Gasteiger partial charge in [-0.25, -0.2) is 0 Å². The van der Waals surface area contributed by atoms with Gasteiger partial charge in [-0.15, -0.1) is 0 Å². The molecule has 63 heavy (non-hydrogen) atoms. The minimum absolute atomic E-state index is 1.13. The smallest absolute Gasteiger partial charge is 0.179 e. The van der Waals surface area contributed by atoms with E-state index in [1.807, 2.05) is 0 Å². The van der Waals surface area contributed by atoms with E-state index >= 15 is 0 Å². The summed E-state index contributed by atoms with van der Waals surface area (Å²) in [5.74, 6) is 0. The van der Waals surface area contributed by atoms with Crippen LogP contribution in [0.3, 0.4) is 0 Å². The highest BCUT2D eigenvalue weighted by Crippen LogP contribution is 2.41. The van der Waals surface area contributed by atoms with Gasteiger partial charge in [-0.2, -0.15) is 0 Å². The van der Waals surface area contributed by atoms with Crippen LogP contribution in [-0.2, 0) is 0 Å². The maximum atomic E-state index is 2.57. The van der Waals surface area contributed by atoms with Gasteiger partial charge in [-0.05, 0) is 79.4 Å². The van der Waals surface area contributed by atoms with Gasteiger partial charge in [-0.1, -0.05) is 218 Å². The average molecular weight is 819 g/mol. The zero-order valence-electron chi connectivity index (χ0n) is 34.6. The lowest BCUT2D eigenvalue weighted by atomic mass is 10.0. The molecule has 0 amide bonds. The summed E-state index contributed by atoms with van der Waals surface area (Å²) in [6.07, 6.45) is 0. The van der Waals surface area contributed by atoms with Gasteiger partial charge in [-0.3, -0.25) is 0 Å². The van der Waals surface area contributed by atoms with E-state index in [4.69, 9.17) is 0 Å². The molecule has 0 saturated heterocycles. The summed E-state index contributed by atoms with van der Waals surface area (Å²) in [7, 11) is -2.85. The van der Waals surface area contributed by atoms with Crippen LogP contribution < -0.4 is 20.7 Å². The number of aromatic nitrogens is 2. The Hall–Kier alpha value is -7.98. The first kappa shape index (κ1) is 36.8. The van der Waals surface area contributed by atoms with Crippen molar-refractivity contribution in [3.05, 3.63) is 255 Å². The Kier molecular flexibility index (Phi) is 8.87. The van der Waals surface area contributed by atoms with Crippen LogP contribution in [-0.4, -0.2) is 17.2 Å². The number of para-hydroxylation sites is 2. The van der Waals surface area contributed by atoms with Gasteiger partial charge in [0.15, 0.2) is 8.07 Å². The van der Waals surface area contributed by atoms with Gasteiger partial charge < -0.3 is 9.13 Å². The first-order valence-electron chi connectivity index (χ1n) is 21.8. The van der Waals surface area contributed by atoms with Gasteiger partial charge in [0.1, 0.15) is 0 Å². The molecule has 10 aromatic carbocycles. The van der Waals surface area contributed by atoms with Crippen LogP contribution in [0.25, 0.3) is 77.2 Å². The average Bonchev–Trinajstić information content (AvgIpc) is 3.88. The number of hydrogen-bond donors (Lipinski definition) is 0. The molecule has 0 aliphatic carbocycles. The van der Waals surface area contributed by atoms with Gasteiger partial charge in [0.05, 0.1) is 27.8 Å². The standard InChI is InChI=1S/C60H42N2Si/c1-6-19-43(20-7-1)45-33-36-47(37-34-45)61-56-31-17-16-29-52(56)55-30-18-32-57(60(55)61)62-58-41-46(44-21-8-2-9-22-44)35-39-53(58)54-40-38-51(42-59(54)62)63(48-23-10-3-11-24-48,49-25-12-4-13-26-49)50-27-14-5-15-28-50/h1-42H. The van der Waals surface area contributed by atoms with E-state index < -0.39 is 8.07 Å². The Morgan fingerprint density at radius 3 is 1.30 bits per heavy atom. The van der Waals surface area contributed by atoms with Gasteiger partial charge in [0, 0.05) is 27.2 Å². The van der Waals surface area contributed by atoms with Crippen LogP contribution in [0.4, 0.5) is 0 Å². The lowest BCUT2D eigenvalue weighted by Crippen LogP contribution is -2.74. The summed E-state index contributed by atoms with van der Waals surface area (Å²) in [6.45, 7) is 0. The molecule has 2 aromatic heterocycles. The molecule has 0 unspecified atom stereocenters. The first-order valence-corrected chi connectivity index (χ1v) is 23.8. The van der Waals surface area contributed by atoms with E-state index in [1.54, 1.807) is 0 Å². The van der Waals surface area contributed by atoms with E-state index in [1.165, 1.54) is 86.6 Å². The molecule has 0 saturated carbocycles. The maximum Gasteiger partial charge on any atom is 0.179 e. The normalized spacial score (nSPS) is 11.8. The van der Waals surface area contributed by atoms with E-state index in [9.17, 15) is 0 Å². The van der Waals surface area contributed by atoms with Crippen molar-refractivity contribution < 1.29 is 0 Å². The molecule has 0 bridgehead atoms. The summed E-state index contributed by atoms with van der Waals surface area (Å²) in [6, 6.07) is 94.3. The van der Waals surface area contributed by atoms with Crippen molar-refractivity contribution in [1.82, 2.24) is 9.13 Å². The molecule has 2 nitrogen and oxygen atoms in total. The molecular weight excluding hydrogens is 777 g/mol. The molecule has 0 atom stereocenters. The zero-order chi connectivity index (χ0) is 41.7. The van der Waals surface area contributed by atoms with Crippen molar-refractivity contribution in [1.29, 1.82) is 0 Å². The van der Waals surface area contributed by atoms with E-state index in [2.05, 4.69) is 264 Å². The summed E-state index contributed by atoms with van der Waals surface area (Å²) in [5, 5.41) is 10.3. The van der Waals surface area contributed by atoms with Crippen molar-refractivity contribution in [3.8, 4) is 33.6 Å². The van der Waals surface area contributed by atoms with Crippen LogP contribution in [0.2, 0.25) is 0 Å². The Labute approximate surface area is 368 Å². The van der Waals surface area contributed by atoms with Gasteiger partial charge in [0.25, 0.3) is 0 Å². The second-order valence-corrected chi connectivity index (χ2v) is 20.3. The van der Waals surface area contributed by atoms with Crippen LogP contribution in [0.5, 0.6) is 0 Å². The SMILES string of the molecule is c1ccc(-c2ccc(-n3c4ccccc4c4cccc(-n5c6cc(-c7ccccc7)ccc6c6ccc([Si](c7ccccc7)(c7ccccc7)c7ccccc7)cc65)c43)cc2)cc1. The van der Waals surface area contributed by atoms with Crippen molar-refractivity contribution in [2.75, 3.05) is 0 Å². The third-order valence-electron chi connectivity index (χ3n) is 13.1. The molecule has 12 rings (SSSR count). The maximum absolute atomic E-state index is 2.85. The Bertz CT molecular complexity index is 3480. The number of rotatable bonds is 8. The fourth-order valence-corrected chi connectivity index (χ4v) is 15.0. The minimum atomic E-state index is -2.85. The zero-order valence-corrected chi connectivity index (χ0v) is 35.6. The Balaban J connectivity index is 1.20. The molecule has 296 valence electrons. The highest BCUT2D eigenvalue weighted by atomic mass is 28.3. The predicted molar refractivity (Wildman–Crippen MR) is 270 cm³/mol. The topological polar surface area (TPSA) is 9.86 Å². The third-order valence-corrected chi connectivity index (χ3v) is 17.9. The van der Waals surface area contributed by atoms with Crippen molar-refractivity contribution >= 4 is 72.4 Å². The Morgan fingerprint density at radius 2 is 0.698 bits per heavy atom. The van der Waals surface area contributed by atoms with Crippen molar-refractivity contribution in [3.63, 3.8) is 0 Å². The molecule has 2 heterocycles. The number of nitrogens with zero attached hydrogens (tertiary/aromatic N) is 2. The predicted octanol–water partition coefficient (Wildman–Crippen LogP) is 12.6. The summed E-state index contributed by atoms with van der Waals surface area (Å²) in [4.78, 5) is 0. The van der Waals surface area contributed by atoms with Crippen molar-refractivity contribution in [2.45, 2.75) is 0 Å². The lowest BCUT2D eigenvalue weighted by molar-refractivity contribution is 1.13. The molecule has 0 aliphatic heterocycles. The second-order valence-electron chi connectivity index (χ2n) is 16.5. The molecule has 0 fully saturated rings. The third kappa shape index (κ3) is 5.93. The van der Waals surface area contributed by atoms with E-state index in [0.717, 1.165) is 11.4 Å². The highest BCUT2D eigenvalue weighted by Gasteiger charge is 2.41. The monoisotopic (exact) mass is 818 g/mol. The van der Waals surface area contributed by atoms with Crippen LogP contribution >= 0.6 is 0 Å². The highest BCUT2D eigenvalue weighted by molar-refractivity contribution is 7.20. The molecule has 0 spiro atoms. The van der Waals surface area contributed by atoms with Crippen LogP contribution in [0, 0.1) is 0 Å². The molecule has 0 radical (unpaired) electrons. The lowest BCUT2D eigenvalue weighted by Gasteiger charge is -2.34. The molecule has 0 N–H and O–H groups in total. The summed E-state index contributed by atoms with van der Waals surface area (Å²) >= 11 is 0. The first-order chi connectivity index (χ1) is 31.3. The van der Waals surface area contributed by atoms with Gasteiger partial charge in [0.2, 0.25) is 0 Å². The Morgan fingerprint density at radius 1 is 0.254 bits per heavy atom. The van der Waals surface area contributed by atoms with Crippen molar-refractivity contribution in [2.24, 2.45) is 0 Å². The summed E-state index contributed by atoms with van der Waals surface area (Å²) < 4.78 is 5.05. The van der Waals surface area contributed by atoms with Crippen LogP contribution in [0.15, 0.2) is 255 Å². The molecule has 0 aliphatic rings. The minimum Gasteiger partial charge on any atom is -0.307 e. The number of hydrogen-bond acceptors (Lipinski definition) is 0. The fourth-order valence-electron chi connectivity index (χ4n) is 10.3. The van der Waals surface area contributed by atoms with Crippen LogP contribution in [0.1, 0.15) is 0 Å². The van der Waals surface area contributed by atoms with Gasteiger partial charge >= 0.3 is 0 Å². The molecular formula is C60H42N2Si. The largest absolute Gasteiger partial charge is 0.307 e. The number of benzene rings is 10. The fraction of sp³-hybridized carbons (Fsp3) is 0. The summed E-state index contributed by atoms with van der Waals surface area (Å²) in [5.41, 5.74) is 11.8. The van der Waals surface area contributed by atoms with E-state index in [0.29, 0.717) is 0 Å². The second kappa shape index (κ2) is 15.2. The number of fused-ring (bicyclic) bond motifs is 6. The molecule has 12 aromatic rings. The quantitative estimate of drug-likeness (QED) is 0.107. The molecule has 3 heteroatoms. The van der Waals surface area contributed by atoms with E-state index in [-0.39, 0.29) is 0 Å².